The van der Waals surface area contributed by atoms with E-state index in [0.29, 0.717) is 16.6 Å². The van der Waals surface area contributed by atoms with E-state index in [9.17, 15) is 10.1 Å². The van der Waals surface area contributed by atoms with Crippen molar-refractivity contribution in [2.75, 3.05) is 5.32 Å². The number of allylic oxidation sites excluding steroid dienone is 2. The fourth-order valence-electron chi connectivity index (χ4n) is 3.76. The van der Waals surface area contributed by atoms with Crippen molar-refractivity contribution in [1.29, 1.82) is 0 Å². The fraction of sp³-hybridized carbons (Fsp3) is 0.222. The van der Waals surface area contributed by atoms with Gasteiger partial charge in [-0.25, -0.2) is 0 Å². The molecule has 0 spiro atoms. The zero-order chi connectivity index (χ0) is 16.0. The minimum Gasteiger partial charge on any atom is -0.372 e. The van der Waals surface area contributed by atoms with Crippen LogP contribution in [0, 0.1) is 16.0 Å². The molecule has 0 unspecified atom stereocenters. The molecule has 0 radical (unpaired) electrons. The molecule has 1 aliphatic heterocycles. The van der Waals surface area contributed by atoms with Gasteiger partial charge in [-0.2, -0.15) is 0 Å². The SMILES string of the molecule is O=[N+]([O-])c1cccc2c1N[C@@H](c1ccc(Cl)cc1)[C@H]1CC=C[C@@H]21. The lowest BCUT2D eigenvalue weighted by molar-refractivity contribution is -0.384. The van der Waals surface area contributed by atoms with E-state index in [-0.39, 0.29) is 22.6 Å². The summed E-state index contributed by atoms with van der Waals surface area (Å²) in [6.07, 6.45) is 5.32. The van der Waals surface area contributed by atoms with E-state index < -0.39 is 0 Å². The highest BCUT2D eigenvalue weighted by atomic mass is 35.5. The molecule has 2 aliphatic rings. The second-order valence-corrected chi connectivity index (χ2v) is 6.46. The Labute approximate surface area is 138 Å². The van der Waals surface area contributed by atoms with Crippen molar-refractivity contribution in [3.8, 4) is 0 Å². The van der Waals surface area contributed by atoms with E-state index in [2.05, 4.69) is 17.5 Å². The summed E-state index contributed by atoms with van der Waals surface area (Å²) in [6.45, 7) is 0. The largest absolute Gasteiger partial charge is 0.372 e. The Balaban J connectivity index is 1.83. The van der Waals surface area contributed by atoms with Gasteiger partial charge in [0, 0.05) is 17.0 Å². The molecule has 4 rings (SSSR count). The average Bonchev–Trinajstić information content (AvgIpc) is 3.04. The van der Waals surface area contributed by atoms with Gasteiger partial charge in [0.2, 0.25) is 0 Å². The number of nitro benzene ring substituents is 1. The normalized spacial score (nSPS) is 24.7. The lowest BCUT2D eigenvalue weighted by atomic mass is 9.77. The number of para-hydroxylation sites is 1. The van der Waals surface area contributed by atoms with Gasteiger partial charge < -0.3 is 5.32 Å². The molecule has 1 N–H and O–H groups in total. The van der Waals surface area contributed by atoms with Gasteiger partial charge in [0.15, 0.2) is 0 Å². The van der Waals surface area contributed by atoms with Crippen molar-refractivity contribution >= 4 is 23.0 Å². The van der Waals surface area contributed by atoms with Crippen LogP contribution >= 0.6 is 11.6 Å². The molecule has 0 fully saturated rings. The standard InChI is InChI=1S/C18H15ClN2O2/c19-12-9-7-11(8-10-12)17-14-4-1-3-13(14)15-5-2-6-16(21(22)23)18(15)20-17/h1-3,5-10,13-14,17,20H,4H2/t13-,14+,17+/m1/s1. The summed E-state index contributed by atoms with van der Waals surface area (Å²) in [5.41, 5.74) is 2.91. The van der Waals surface area contributed by atoms with Gasteiger partial charge in [-0.15, -0.1) is 0 Å². The average molecular weight is 327 g/mol. The molecule has 1 heterocycles. The molecular weight excluding hydrogens is 312 g/mol. The van der Waals surface area contributed by atoms with Crippen LogP contribution in [0.2, 0.25) is 5.02 Å². The second-order valence-electron chi connectivity index (χ2n) is 6.03. The van der Waals surface area contributed by atoms with Crippen molar-refractivity contribution in [1.82, 2.24) is 0 Å². The molecule has 3 atom stereocenters. The lowest BCUT2D eigenvalue weighted by Gasteiger charge is -2.37. The van der Waals surface area contributed by atoms with Crippen LogP contribution in [0.4, 0.5) is 11.4 Å². The number of nitro groups is 1. The third-order valence-corrected chi connectivity index (χ3v) is 5.05. The first-order chi connectivity index (χ1) is 11.1. The minimum atomic E-state index is -0.316. The predicted molar refractivity (Wildman–Crippen MR) is 90.9 cm³/mol. The summed E-state index contributed by atoms with van der Waals surface area (Å²) in [5, 5.41) is 15.5. The number of anilines is 1. The second kappa shape index (κ2) is 5.39. The molecule has 0 bridgehead atoms. The van der Waals surface area contributed by atoms with Crippen LogP contribution in [-0.2, 0) is 0 Å². The van der Waals surface area contributed by atoms with Crippen LogP contribution in [0.3, 0.4) is 0 Å². The number of hydrogen-bond donors (Lipinski definition) is 1. The van der Waals surface area contributed by atoms with Crippen LogP contribution < -0.4 is 5.32 Å². The lowest BCUT2D eigenvalue weighted by Crippen LogP contribution is -2.29. The molecular formula is C18H15ClN2O2. The molecule has 4 nitrogen and oxygen atoms in total. The molecule has 2 aromatic carbocycles. The highest BCUT2D eigenvalue weighted by Crippen LogP contribution is 2.51. The van der Waals surface area contributed by atoms with Gasteiger partial charge in [-0.3, -0.25) is 10.1 Å². The summed E-state index contributed by atoms with van der Waals surface area (Å²) < 4.78 is 0. The van der Waals surface area contributed by atoms with Gasteiger partial charge in [0.1, 0.15) is 5.69 Å². The van der Waals surface area contributed by atoms with Crippen LogP contribution in [0.25, 0.3) is 0 Å². The first-order valence-corrected chi connectivity index (χ1v) is 7.99. The maximum atomic E-state index is 11.4. The molecule has 1 aliphatic carbocycles. The molecule has 0 amide bonds. The Hall–Kier alpha value is -2.33. The molecule has 0 aromatic heterocycles. The Morgan fingerprint density at radius 3 is 2.70 bits per heavy atom. The summed E-state index contributed by atoms with van der Waals surface area (Å²) in [6, 6.07) is 13.1. The topological polar surface area (TPSA) is 55.2 Å². The highest BCUT2D eigenvalue weighted by Gasteiger charge is 2.40. The van der Waals surface area contributed by atoms with Crippen molar-refractivity contribution in [2.24, 2.45) is 5.92 Å². The summed E-state index contributed by atoms with van der Waals surface area (Å²) in [7, 11) is 0. The van der Waals surface area contributed by atoms with Crippen LogP contribution in [0.15, 0.2) is 54.6 Å². The Kier molecular flexibility index (Phi) is 3.34. The first kappa shape index (κ1) is 14.3. The van der Waals surface area contributed by atoms with E-state index in [1.165, 1.54) is 0 Å². The summed E-state index contributed by atoms with van der Waals surface area (Å²) in [4.78, 5) is 11.1. The Morgan fingerprint density at radius 1 is 1.17 bits per heavy atom. The molecule has 0 saturated heterocycles. The van der Waals surface area contributed by atoms with Gasteiger partial charge in [0.25, 0.3) is 5.69 Å². The van der Waals surface area contributed by atoms with Gasteiger partial charge in [-0.05, 0) is 35.6 Å². The quantitative estimate of drug-likeness (QED) is 0.476. The summed E-state index contributed by atoms with van der Waals surface area (Å²) in [5.74, 6) is 0.581. The summed E-state index contributed by atoms with van der Waals surface area (Å²) >= 11 is 5.99. The van der Waals surface area contributed by atoms with Crippen molar-refractivity contribution in [3.05, 3.63) is 80.9 Å². The van der Waals surface area contributed by atoms with E-state index in [1.807, 2.05) is 30.3 Å². The zero-order valence-electron chi connectivity index (χ0n) is 12.3. The molecule has 2 aromatic rings. The monoisotopic (exact) mass is 326 g/mol. The van der Waals surface area contributed by atoms with Gasteiger partial charge in [-0.1, -0.05) is 48.0 Å². The Bertz CT molecular complexity index is 801. The number of benzene rings is 2. The van der Waals surface area contributed by atoms with E-state index in [4.69, 9.17) is 11.6 Å². The number of halogens is 1. The van der Waals surface area contributed by atoms with Crippen molar-refractivity contribution in [2.45, 2.75) is 18.4 Å². The van der Waals surface area contributed by atoms with Crippen LogP contribution in [-0.4, -0.2) is 4.92 Å². The zero-order valence-corrected chi connectivity index (χ0v) is 13.0. The maximum absolute atomic E-state index is 11.4. The molecule has 5 heteroatoms. The number of nitrogens with zero attached hydrogens (tertiary/aromatic N) is 1. The number of fused-ring (bicyclic) bond motifs is 3. The molecule has 116 valence electrons. The predicted octanol–water partition coefficient (Wildman–Crippen LogP) is 5.07. The number of hydrogen-bond acceptors (Lipinski definition) is 3. The number of nitrogens with one attached hydrogen (secondary N) is 1. The molecule has 0 saturated carbocycles. The van der Waals surface area contributed by atoms with Crippen molar-refractivity contribution < 1.29 is 4.92 Å². The molecule has 23 heavy (non-hydrogen) atoms. The van der Waals surface area contributed by atoms with Gasteiger partial charge >= 0.3 is 0 Å². The maximum Gasteiger partial charge on any atom is 0.292 e. The smallest absolute Gasteiger partial charge is 0.292 e. The van der Waals surface area contributed by atoms with Crippen molar-refractivity contribution in [3.63, 3.8) is 0 Å². The Morgan fingerprint density at radius 2 is 1.96 bits per heavy atom. The van der Waals surface area contributed by atoms with Gasteiger partial charge in [0.05, 0.1) is 11.0 Å². The third-order valence-electron chi connectivity index (χ3n) is 4.80. The minimum absolute atomic E-state index is 0.0425. The highest BCUT2D eigenvalue weighted by molar-refractivity contribution is 6.30. The first-order valence-electron chi connectivity index (χ1n) is 7.61. The number of rotatable bonds is 2. The fourth-order valence-corrected chi connectivity index (χ4v) is 3.88. The van der Waals surface area contributed by atoms with Crippen LogP contribution in [0.1, 0.15) is 29.5 Å². The third kappa shape index (κ3) is 2.30. The van der Waals surface area contributed by atoms with E-state index in [1.54, 1.807) is 12.1 Å². The van der Waals surface area contributed by atoms with E-state index >= 15 is 0 Å². The van der Waals surface area contributed by atoms with Crippen LogP contribution in [0.5, 0.6) is 0 Å². The van der Waals surface area contributed by atoms with E-state index in [0.717, 1.165) is 17.5 Å².